The molecule has 2 aliphatic heterocycles. The number of rotatable bonds is 12. The molecule has 0 unspecified atom stereocenters. The van der Waals surface area contributed by atoms with Gasteiger partial charge in [0.1, 0.15) is 54.5 Å². The number of ether oxygens (including phenoxy) is 2. The Morgan fingerprint density at radius 2 is 1.70 bits per heavy atom. The number of carbonyl (C=O) groups is 3. The molecule has 2 atom stereocenters. The molecule has 3 amide bonds. The van der Waals surface area contributed by atoms with Crippen molar-refractivity contribution in [2.24, 2.45) is 5.10 Å². The molecule has 0 radical (unpaired) electrons. The number of carbonyl (C=O) groups excluding carboxylic acids is 3. The van der Waals surface area contributed by atoms with E-state index < -0.39 is 40.9 Å². The van der Waals surface area contributed by atoms with E-state index in [9.17, 15) is 23.9 Å². The second-order valence-corrected chi connectivity index (χ2v) is 14.8. The molecule has 16 nitrogen and oxygen atoms in total. The number of β-amino-alcohol motifs (C(OH)–C–C–N with tert-alkyl or cyclic N) is 1. The first-order chi connectivity index (χ1) is 26.5. The third kappa shape index (κ3) is 8.86. The van der Waals surface area contributed by atoms with E-state index in [0.717, 1.165) is 11.6 Å². The van der Waals surface area contributed by atoms with Crippen LogP contribution in [0.5, 0.6) is 5.75 Å². The van der Waals surface area contributed by atoms with Crippen LogP contribution in [0.4, 0.5) is 24.1 Å². The Kier molecular flexibility index (Phi) is 11.2. The molecule has 1 saturated heterocycles. The summed E-state index contributed by atoms with van der Waals surface area (Å²) < 4.78 is 41.8. The maximum absolute atomic E-state index is 15.5. The number of aryl methyl sites for hydroxylation is 2. The smallest absolute Gasteiger partial charge is 0.408 e. The number of hydrogen-bond donors (Lipinski definition) is 2. The zero-order chi connectivity index (χ0) is 40.4. The van der Waals surface area contributed by atoms with Gasteiger partial charge in [-0.2, -0.15) is 5.10 Å². The van der Waals surface area contributed by atoms with E-state index in [4.69, 9.17) is 9.47 Å². The number of alkyl carbamates (subject to hydrolysis) is 1. The minimum absolute atomic E-state index is 0.172. The van der Waals surface area contributed by atoms with E-state index in [1.807, 2.05) is 17.0 Å². The van der Waals surface area contributed by atoms with Crippen molar-refractivity contribution >= 4 is 30.1 Å². The van der Waals surface area contributed by atoms with E-state index >= 15 is 4.39 Å². The Morgan fingerprint density at radius 3 is 2.34 bits per heavy atom. The molecule has 2 aliphatic rings. The summed E-state index contributed by atoms with van der Waals surface area (Å²) >= 11 is 0. The molecular weight excluding hydrogens is 730 g/mol. The Hall–Kier alpha value is -6.17. The van der Waals surface area contributed by atoms with Gasteiger partial charge in [0.25, 0.3) is 0 Å². The van der Waals surface area contributed by atoms with Gasteiger partial charge in [-0.05, 0) is 99.0 Å². The van der Waals surface area contributed by atoms with Gasteiger partial charge < -0.3 is 29.7 Å². The fourth-order valence-electron chi connectivity index (χ4n) is 6.78. The van der Waals surface area contributed by atoms with Gasteiger partial charge in [-0.15, -0.1) is 5.10 Å². The van der Waals surface area contributed by atoms with E-state index in [2.05, 4.69) is 25.9 Å². The van der Waals surface area contributed by atoms with Crippen molar-refractivity contribution in [3.8, 4) is 11.4 Å². The molecule has 0 saturated carbocycles. The van der Waals surface area contributed by atoms with Crippen molar-refractivity contribution in [3.63, 3.8) is 0 Å². The number of aromatic nitrogens is 4. The third-order valence-corrected chi connectivity index (χ3v) is 9.42. The normalized spacial score (nSPS) is 16.0. The lowest BCUT2D eigenvalue weighted by atomic mass is 9.85. The van der Waals surface area contributed by atoms with Crippen LogP contribution in [0, 0.1) is 25.5 Å². The molecule has 3 aromatic carbocycles. The zero-order valence-corrected chi connectivity index (χ0v) is 31.9. The number of anilines is 1. The van der Waals surface area contributed by atoms with Gasteiger partial charge in [-0.3, -0.25) is 9.91 Å². The Bertz CT molecular complexity index is 2090. The van der Waals surface area contributed by atoms with Crippen LogP contribution in [0.25, 0.3) is 5.69 Å². The van der Waals surface area contributed by atoms with Crippen molar-refractivity contribution in [3.05, 3.63) is 94.8 Å². The molecule has 0 aliphatic carbocycles. The van der Waals surface area contributed by atoms with Gasteiger partial charge in [0.15, 0.2) is 0 Å². The monoisotopic (exact) mass is 774 g/mol. The number of hydrazone groups is 1. The number of halogens is 2. The Morgan fingerprint density at radius 1 is 1.00 bits per heavy atom. The molecule has 18 heteroatoms. The second-order valence-electron chi connectivity index (χ2n) is 14.8. The van der Waals surface area contributed by atoms with Crippen LogP contribution in [0.15, 0.2) is 66.0 Å². The minimum Gasteiger partial charge on any atom is -0.444 e. The number of tetrazole rings is 1. The first-order valence-corrected chi connectivity index (χ1v) is 17.9. The topological polar surface area (TPSA) is 171 Å². The molecule has 2 N–H and O–H groups in total. The summed E-state index contributed by atoms with van der Waals surface area (Å²) in [6, 6.07) is 12.4. The van der Waals surface area contributed by atoms with E-state index in [1.54, 1.807) is 82.1 Å². The van der Waals surface area contributed by atoms with E-state index in [1.165, 1.54) is 22.0 Å². The number of benzene rings is 3. The van der Waals surface area contributed by atoms with Crippen LogP contribution in [-0.2, 0) is 21.7 Å². The fourth-order valence-corrected chi connectivity index (χ4v) is 6.78. The maximum Gasteiger partial charge on any atom is 0.408 e. The Balaban J connectivity index is 1.12. The number of urea groups is 1. The van der Waals surface area contributed by atoms with Gasteiger partial charge >= 0.3 is 18.1 Å². The molecule has 1 aromatic heterocycles. The van der Waals surface area contributed by atoms with Crippen LogP contribution < -0.4 is 15.0 Å². The van der Waals surface area contributed by atoms with Crippen molar-refractivity contribution in [1.82, 2.24) is 40.3 Å². The van der Waals surface area contributed by atoms with Crippen molar-refractivity contribution < 1.29 is 37.7 Å². The highest BCUT2D eigenvalue weighted by Gasteiger charge is 2.47. The summed E-state index contributed by atoms with van der Waals surface area (Å²) in [4.78, 5) is 43.2. The first kappa shape index (κ1) is 39.5. The second kappa shape index (κ2) is 15.9. The highest BCUT2D eigenvalue weighted by molar-refractivity contribution is 5.94. The Labute approximate surface area is 322 Å². The summed E-state index contributed by atoms with van der Waals surface area (Å²) in [7, 11) is 0. The summed E-state index contributed by atoms with van der Waals surface area (Å²) in [5.74, 6) is -2.04. The van der Waals surface area contributed by atoms with Gasteiger partial charge in [0.05, 0.1) is 18.3 Å². The van der Waals surface area contributed by atoms with Crippen LogP contribution in [-0.4, -0.2) is 109 Å². The molecule has 6 rings (SSSR count). The van der Waals surface area contributed by atoms with Gasteiger partial charge in [-0.1, -0.05) is 18.2 Å². The van der Waals surface area contributed by atoms with E-state index in [-0.39, 0.29) is 37.9 Å². The molecule has 296 valence electrons. The van der Waals surface area contributed by atoms with Crippen molar-refractivity contribution in [2.75, 3.05) is 37.7 Å². The first-order valence-electron chi connectivity index (χ1n) is 17.9. The molecule has 4 aromatic rings. The highest BCUT2D eigenvalue weighted by Crippen LogP contribution is 2.35. The standard InChI is InChI=1S/C38H44F2N10O6/c1-24-15-27(16-25(2)34(24)55-33(51)18-41-35(52)56-37(4,5)6)19-46-22-43-47(23-46)20-38(54,31-12-7-28(39)17-32(31)40)26(3)48-13-14-49(36(48)53)29-8-10-30(11-9-29)50-21-42-44-45-50/h7-12,15-17,21-22,26,54H,13-14,18-20,23H2,1-6H3,(H,41,52)/t26-,38-/m1/s1. The number of aliphatic hydroxyl groups is 1. The summed E-state index contributed by atoms with van der Waals surface area (Å²) in [5, 5.41) is 32.0. The lowest BCUT2D eigenvalue weighted by Crippen LogP contribution is -2.55. The number of hydrogen-bond acceptors (Lipinski definition) is 12. The zero-order valence-electron chi connectivity index (χ0n) is 31.9. The average molecular weight is 775 g/mol. The van der Waals surface area contributed by atoms with Crippen LogP contribution >= 0.6 is 0 Å². The molecule has 56 heavy (non-hydrogen) atoms. The number of nitrogens with zero attached hydrogens (tertiary/aromatic N) is 9. The van der Waals surface area contributed by atoms with E-state index in [0.29, 0.717) is 47.4 Å². The SMILES string of the molecule is Cc1cc(CN2C=NN(C[C@](O)(c3ccc(F)cc3F)[C@@H](C)N3CCN(c4ccc(-n5cnnn5)cc4)C3=O)C2)cc(C)c1OC(=O)CNC(=O)OC(C)(C)C. The highest BCUT2D eigenvalue weighted by atomic mass is 19.1. The summed E-state index contributed by atoms with van der Waals surface area (Å²) in [6.45, 7) is 10.9. The quantitative estimate of drug-likeness (QED) is 0.156. The van der Waals surface area contributed by atoms with Crippen LogP contribution in [0.1, 0.15) is 49.9 Å². The van der Waals surface area contributed by atoms with Crippen molar-refractivity contribution in [2.45, 2.75) is 65.3 Å². The number of esters is 1. The van der Waals surface area contributed by atoms with Gasteiger partial charge in [0.2, 0.25) is 0 Å². The maximum atomic E-state index is 15.5. The molecular formula is C38H44F2N10O6. The molecule has 1 fully saturated rings. The minimum atomic E-state index is -2.02. The van der Waals surface area contributed by atoms with Crippen molar-refractivity contribution in [1.29, 1.82) is 0 Å². The van der Waals surface area contributed by atoms with Gasteiger partial charge in [0, 0.05) is 37.0 Å². The molecule has 0 spiro atoms. The number of nitrogens with one attached hydrogen (secondary N) is 1. The van der Waals surface area contributed by atoms with Crippen LogP contribution in [0.2, 0.25) is 0 Å². The third-order valence-electron chi connectivity index (χ3n) is 9.42. The average Bonchev–Trinajstić information content (AvgIpc) is 3.90. The summed E-state index contributed by atoms with van der Waals surface area (Å²) in [6.07, 6.45) is 2.32. The predicted octanol–water partition coefficient (Wildman–Crippen LogP) is 4.22. The molecule has 3 heterocycles. The lowest BCUT2D eigenvalue weighted by molar-refractivity contribution is -0.133. The predicted molar refractivity (Wildman–Crippen MR) is 200 cm³/mol. The largest absolute Gasteiger partial charge is 0.444 e. The lowest BCUT2D eigenvalue weighted by Gasteiger charge is -2.41. The van der Waals surface area contributed by atoms with Crippen LogP contribution in [0.3, 0.4) is 0 Å². The summed E-state index contributed by atoms with van der Waals surface area (Å²) in [5.41, 5.74) is 0.687. The number of amides is 3. The van der Waals surface area contributed by atoms with Gasteiger partial charge in [-0.25, -0.2) is 27.8 Å². The fraction of sp³-hybridized carbons (Fsp3) is 0.395. The molecule has 0 bridgehead atoms.